The largest absolute Gasteiger partial charge is 0.340 e. The molecule has 1 fully saturated rings. The Morgan fingerprint density at radius 1 is 1.25 bits per heavy atom. The predicted molar refractivity (Wildman–Crippen MR) is 88.5 cm³/mol. The molecular formula is C15H14N2OS2. The Morgan fingerprint density at radius 2 is 2.00 bits per heavy atom. The summed E-state index contributed by atoms with van der Waals surface area (Å²) in [6.45, 7) is 2.90. The van der Waals surface area contributed by atoms with Crippen molar-refractivity contribution in [3.8, 4) is 0 Å². The monoisotopic (exact) mass is 302 g/mol. The molecule has 5 heteroatoms. The molecule has 2 aliphatic heterocycles. The van der Waals surface area contributed by atoms with E-state index in [2.05, 4.69) is 30.0 Å². The zero-order valence-corrected chi connectivity index (χ0v) is 12.9. The van der Waals surface area contributed by atoms with E-state index in [0.717, 1.165) is 17.9 Å². The van der Waals surface area contributed by atoms with E-state index in [1.165, 1.54) is 22.2 Å². The first-order valence-electron chi connectivity index (χ1n) is 6.42. The number of para-hydroxylation sites is 1. The number of carbonyl (C=O) groups is 1. The number of benzene rings is 1. The van der Waals surface area contributed by atoms with Crippen LogP contribution in [0, 0.1) is 0 Å². The third-order valence-electron chi connectivity index (χ3n) is 3.45. The van der Waals surface area contributed by atoms with Crippen LogP contribution in [0.3, 0.4) is 0 Å². The quantitative estimate of drug-likeness (QED) is 0.587. The van der Waals surface area contributed by atoms with Crippen molar-refractivity contribution in [1.82, 2.24) is 4.90 Å². The molecule has 0 spiro atoms. The van der Waals surface area contributed by atoms with Crippen LogP contribution in [0.4, 0.5) is 5.69 Å². The van der Waals surface area contributed by atoms with E-state index in [1.54, 1.807) is 7.05 Å². The Morgan fingerprint density at radius 3 is 2.65 bits per heavy atom. The number of rotatable bonds is 1. The van der Waals surface area contributed by atoms with Gasteiger partial charge in [0.15, 0.2) is 0 Å². The molecule has 0 radical (unpaired) electrons. The maximum atomic E-state index is 12.3. The number of likely N-dealkylation sites (N-methyl/N-ethyl adjacent to an activating group) is 2. The highest BCUT2D eigenvalue weighted by atomic mass is 32.2. The Labute approximate surface area is 127 Å². The van der Waals surface area contributed by atoms with Gasteiger partial charge in [0.1, 0.15) is 9.23 Å². The van der Waals surface area contributed by atoms with Crippen molar-refractivity contribution in [1.29, 1.82) is 0 Å². The summed E-state index contributed by atoms with van der Waals surface area (Å²) in [5.74, 6) is -0.0162. The first-order valence-corrected chi connectivity index (χ1v) is 7.64. The number of hydrogen-bond donors (Lipinski definition) is 0. The lowest BCUT2D eigenvalue weighted by Gasteiger charge is -2.30. The molecule has 2 aliphatic rings. The van der Waals surface area contributed by atoms with Gasteiger partial charge in [-0.2, -0.15) is 0 Å². The number of fused-ring (bicyclic) bond motifs is 1. The zero-order chi connectivity index (χ0) is 14.3. The van der Waals surface area contributed by atoms with E-state index in [0.29, 0.717) is 9.23 Å². The highest BCUT2D eigenvalue weighted by molar-refractivity contribution is 8.26. The summed E-state index contributed by atoms with van der Waals surface area (Å²) < 4.78 is 0.612. The summed E-state index contributed by atoms with van der Waals surface area (Å²) in [6, 6.07) is 8.20. The van der Waals surface area contributed by atoms with Crippen molar-refractivity contribution in [2.75, 3.05) is 18.5 Å². The van der Waals surface area contributed by atoms with Crippen LogP contribution in [-0.4, -0.2) is 28.7 Å². The number of amides is 1. The minimum absolute atomic E-state index is 0.0162. The SMILES string of the molecule is CCN1/C(=C2\SC(=S)N(C)C2=O)C=Cc2ccccc21. The molecule has 0 aliphatic carbocycles. The lowest BCUT2D eigenvalue weighted by molar-refractivity contribution is -0.121. The fraction of sp³-hybridized carbons (Fsp3) is 0.200. The molecule has 0 N–H and O–H groups in total. The number of hydrogen-bond acceptors (Lipinski definition) is 4. The van der Waals surface area contributed by atoms with Gasteiger partial charge in [0, 0.05) is 19.3 Å². The molecule has 2 heterocycles. The molecule has 1 aromatic carbocycles. The number of allylic oxidation sites excluding steroid dienone is 1. The minimum atomic E-state index is -0.0162. The summed E-state index contributed by atoms with van der Waals surface area (Å²) in [5, 5.41) is 0. The maximum absolute atomic E-state index is 12.3. The van der Waals surface area contributed by atoms with Crippen LogP contribution in [0.15, 0.2) is 40.9 Å². The number of anilines is 1. The van der Waals surface area contributed by atoms with Crippen molar-refractivity contribution < 1.29 is 4.79 Å². The Bertz CT molecular complexity index is 664. The van der Waals surface area contributed by atoms with Crippen LogP contribution in [-0.2, 0) is 4.79 Å². The van der Waals surface area contributed by atoms with Gasteiger partial charge in [0.2, 0.25) is 0 Å². The van der Waals surface area contributed by atoms with Crippen LogP contribution in [0.5, 0.6) is 0 Å². The van der Waals surface area contributed by atoms with Crippen LogP contribution in [0.1, 0.15) is 12.5 Å². The van der Waals surface area contributed by atoms with E-state index < -0.39 is 0 Å². The van der Waals surface area contributed by atoms with Gasteiger partial charge in [-0.15, -0.1) is 0 Å². The fourth-order valence-electron chi connectivity index (χ4n) is 2.40. The maximum Gasteiger partial charge on any atom is 0.268 e. The number of thioether (sulfide) groups is 1. The van der Waals surface area contributed by atoms with E-state index in [9.17, 15) is 4.79 Å². The molecule has 20 heavy (non-hydrogen) atoms. The number of thiocarbonyl (C=S) groups is 1. The lowest BCUT2D eigenvalue weighted by Crippen LogP contribution is -2.28. The summed E-state index contributed by atoms with van der Waals surface area (Å²) in [4.78, 5) is 16.7. The molecule has 3 rings (SSSR count). The first kappa shape index (κ1) is 13.4. The standard InChI is InChI=1S/C15H14N2OS2/c1-3-17-11-7-5-4-6-10(11)8-9-12(17)13-14(18)16(2)15(19)20-13/h4-9H,3H2,1-2H3/b13-12-. The average molecular weight is 302 g/mol. The van der Waals surface area contributed by atoms with Crippen molar-refractivity contribution in [2.45, 2.75) is 6.92 Å². The fourth-order valence-corrected chi connectivity index (χ4v) is 3.63. The van der Waals surface area contributed by atoms with E-state index in [-0.39, 0.29) is 5.91 Å². The second kappa shape index (κ2) is 5.07. The molecule has 0 bridgehead atoms. The second-order valence-corrected chi connectivity index (χ2v) is 6.23. The minimum Gasteiger partial charge on any atom is -0.340 e. The predicted octanol–water partition coefficient (Wildman–Crippen LogP) is 3.24. The lowest BCUT2D eigenvalue weighted by atomic mass is 10.1. The number of carbonyl (C=O) groups excluding carboxylic acids is 1. The molecule has 0 saturated carbocycles. The Balaban J connectivity index is 2.13. The third-order valence-corrected chi connectivity index (χ3v) is 5.01. The topological polar surface area (TPSA) is 23.6 Å². The van der Waals surface area contributed by atoms with Crippen LogP contribution >= 0.6 is 24.0 Å². The normalized spacial score (nSPS) is 21.7. The molecule has 1 aromatic rings. The molecule has 0 aromatic heterocycles. The molecule has 0 unspecified atom stereocenters. The highest BCUT2D eigenvalue weighted by Gasteiger charge is 2.33. The highest BCUT2D eigenvalue weighted by Crippen LogP contribution is 2.38. The molecule has 0 atom stereocenters. The van der Waals surface area contributed by atoms with Gasteiger partial charge in [-0.1, -0.05) is 48.3 Å². The van der Waals surface area contributed by atoms with Gasteiger partial charge in [-0.25, -0.2) is 0 Å². The van der Waals surface area contributed by atoms with Gasteiger partial charge >= 0.3 is 0 Å². The van der Waals surface area contributed by atoms with E-state index >= 15 is 0 Å². The summed E-state index contributed by atoms with van der Waals surface area (Å²) >= 11 is 6.59. The molecular weight excluding hydrogens is 288 g/mol. The summed E-state index contributed by atoms with van der Waals surface area (Å²) in [6.07, 6.45) is 4.06. The smallest absolute Gasteiger partial charge is 0.268 e. The van der Waals surface area contributed by atoms with Crippen molar-refractivity contribution in [3.05, 3.63) is 46.5 Å². The van der Waals surface area contributed by atoms with Gasteiger partial charge in [0.05, 0.1) is 5.70 Å². The Hall–Kier alpha value is -1.59. The van der Waals surface area contributed by atoms with Crippen molar-refractivity contribution in [3.63, 3.8) is 0 Å². The average Bonchev–Trinajstić information content (AvgIpc) is 2.73. The van der Waals surface area contributed by atoms with Gasteiger partial charge in [0.25, 0.3) is 5.91 Å². The molecule has 3 nitrogen and oxygen atoms in total. The molecule has 1 amide bonds. The summed E-state index contributed by atoms with van der Waals surface area (Å²) in [5.41, 5.74) is 3.24. The third kappa shape index (κ3) is 1.98. The van der Waals surface area contributed by atoms with E-state index in [1.807, 2.05) is 18.2 Å². The Kier molecular flexibility index (Phi) is 3.40. The van der Waals surface area contributed by atoms with E-state index in [4.69, 9.17) is 12.2 Å². The van der Waals surface area contributed by atoms with Crippen molar-refractivity contribution >= 4 is 46.0 Å². The molecule has 102 valence electrons. The number of nitrogens with zero attached hydrogens (tertiary/aromatic N) is 2. The molecule has 1 saturated heterocycles. The van der Waals surface area contributed by atoms with Crippen LogP contribution < -0.4 is 4.90 Å². The van der Waals surface area contributed by atoms with Crippen LogP contribution in [0.25, 0.3) is 6.08 Å². The van der Waals surface area contributed by atoms with Crippen molar-refractivity contribution in [2.24, 2.45) is 0 Å². The van der Waals surface area contributed by atoms with Gasteiger partial charge in [-0.05, 0) is 24.6 Å². The van der Waals surface area contributed by atoms with Gasteiger partial charge in [-0.3, -0.25) is 9.69 Å². The summed E-state index contributed by atoms with van der Waals surface area (Å²) in [7, 11) is 1.72. The zero-order valence-electron chi connectivity index (χ0n) is 11.3. The second-order valence-electron chi connectivity index (χ2n) is 4.58. The first-order chi connectivity index (χ1) is 9.63. The van der Waals surface area contributed by atoms with Gasteiger partial charge < -0.3 is 4.90 Å². The van der Waals surface area contributed by atoms with Crippen LogP contribution in [0.2, 0.25) is 0 Å².